The standard InChI is InChI=1S/C16H19F3N2O3S/c1-20-9-13-12(15(20)22)5-10(6-14(13)16(17,18)19)7-21-4-3-11(8-21)25(2,23)24/h5-6,11H,3-4,7-9H2,1-2H3. The largest absolute Gasteiger partial charge is 0.416 e. The van der Waals surface area contributed by atoms with Gasteiger partial charge in [-0.05, 0) is 36.2 Å². The van der Waals surface area contributed by atoms with Crippen LogP contribution in [0, 0.1) is 0 Å². The van der Waals surface area contributed by atoms with Gasteiger partial charge in [-0.2, -0.15) is 13.2 Å². The molecule has 0 N–H and O–H groups in total. The van der Waals surface area contributed by atoms with E-state index in [-0.39, 0.29) is 24.2 Å². The zero-order chi connectivity index (χ0) is 18.6. The zero-order valence-electron chi connectivity index (χ0n) is 13.9. The Morgan fingerprint density at radius 3 is 2.52 bits per heavy atom. The quantitative estimate of drug-likeness (QED) is 0.809. The number of rotatable bonds is 3. The molecule has 9 heteroatoms. The highest BCUT2D eigenvalue weighted by molar-refractivity contribution is 7.91. The fourth-order valence-corrected chi connectivity index (χ4v) is 4.52. The minimum absolute atomic E-state index is 0.0131. The number of likely N-dealkylation sites (tertiary alicyclic amines) is 1. The first-order chi connectivity index (χ1) is 11.5. The van der Waals surface area contributed by atoms with Gasteiger partial charge in [-0.1, -0.05) is 0 Å². The summed E-state index contributed by atoms with van der Waals surface area (Å²) in [7, 11) is -1.70. The highest BCUT2D eigenvalue weighted by Gasteiger charge is 2.39. The Balaban J connectivity index is 1.90. The minimum atomic E-state index is -4.54. The van der Waals surface area contributed by atoms with E-state index in [9.17, 15) is 26.4 Å². The van der Waals surface area contributed by atoms with E-state index in [4.69, 9.17) is 0 Å². The van der Waals surface area contributed by atoms with Gasteiger partial charge in [0.2, 0.25) is 0 Å². The Morgan fingerprint density at radius 2 is 1.96 bits per heavy atom. The van der Waals surface area contributed by atoms with Gasteiger partial charge in [0.25, 0.3) is 5.91 Å². The van der Waals surface area contributed by atoms with E-state index in [0.29, 0.717) is 25.1 Å². The lowest BCUT2D eigenvalue weighted by Crippen LogP contribution is -2.26. The van der Waals surface area contributed by atoms with E-state index in [2.05, 4.69) is 0 Å². The summed E-state index contributed by atoms with van der Waals surface area (Å²) in [5.41, 5.74) is -0.300. The van der Waals surface area contributed by atoms with Crippen LogP contribution < -0.4 is 0 Å². The Hall–Kier alpha value is -1.61. The second-order valence-electron chi connectivity index (χ2n) is 6.80. The SMILES string of the molecule is CN1Cc2c(cc(CN3CCC(S(C)(=O)=O)C3)cc2C(F)(F)F)C1=O. The van der Waals surface area contributed by atoms with E-state index in [1.54, 1.807) is 0 Å². The zero-order valence-corrected chi connectivity index (χ0v) is 14.7. The second-order valence-corrected chi connectivity index (χ2v) is 9.13. The van der Waals surface area contributed by atoms with Gasteiger partial charge in [-0.3, -0.25) is 9.69 Å². The van der Waals surface area contributed by atoms with Crippen LogP contribution in [0.15, 0.2) is 12.1 Å². The number of sulfone groups is 1. The number of nitrogens with zero attached hydrogens (tertiary/aromatic N) is 2. The van der Waals surface area contributed by atoms with Crippen LogP contribution in [0.1, 0.15) is 33.5 Å². The molecule has 0 aliphatic carbocycles. The van der Waals surface area contributed by atoms with Gasteiger partial charge in [-0.15, -0.1) is 0 Å². The Bertz CT molecular complexity index is 821. The molecule has 0 radical (unpaired) electrons. The van der Waals surface area contributed by atoms with Gasteiger partial charge in [-0.25, -0.2) is 8.42 Å². The third kappa shape index (κ3) is 3.52. The molecule has 1 aromatic rings. The van der Waals surface area contributed by atoms with E-state index < -0.39 is 32.7 Å². The maximum atomic E-state index is 13.4. The predicted molar refractivity (Wildman–Crippen MR) is 85.8 cm³/mol. The number of carbonyl (C=O) groups excluding carboxylic acids is 1. The second kappa shape index (κ2) is 5.98. The number of hydrogen-bond donors (Lipinski definition) is 0. The summed E-state index contributed by atoms with van der Waals surface area (Å²) in [6.07, 6.45) is -2.89. The normalized spacial score (nSPS) is 21.9. The molecule has 1 unspecified atom stereocenters. The first kappa shape index (κ1) is 18.2. The molecule has 1 saturated heterocycles. The average Bonchev–Trinajstić information content (AvgIpc) is 3.04. The fraction of sp³-hybridized carbons (Fsp3) is 0.562. The molecule has 0 aromatic heterocycles. The predicted octanol–water partition coefficient (Wildman–Crippen LogP) is 1.91. The Morgan fingerprint density at radius 1 is 1.28 bits per heavy atom. The molecule has 1 amide bonds. The first-order valence-electron chi connectivity index (χ1n) is 7.86. The van der Waals surface area contributed by atoms with Gasteiger partial charge < -0.3 is 4.90 Å². The van der Waals surface area contributed by atoms with Crippen molar-refractivity contribution < 1.29 is 26.4 Å². The average molecular weight is 376 g/mol. The van der Waals surface area contributed by atoms with Crippen LogP contribution in [0.2, 0.25) is 0 Å². The molecule has 0 bridgehead atoms. The van der Waals surface area contributed by atoms with Crippen molar-refractivity contribution in [2.75, 3.05) is 26.4 Å². The van der Waals surface area contributed by atoms with Crippen molar-refractivity contribution in [3.8, 4) is 0 Å². The van der Waals surface area contributed by atoms with E-state index in [1.807, 2.05) is 4.90 Å². The van der Waals surface area contributed by atoms with Gasteiger partial charge in [0.15, 0.2) is 9.84 Å². The highest BCUT2D eigenvalue weighted by Crippen LogP contribution is 2.38. The van der Waals surface area contributed by atoms with E-state index >= 15 is 0 Å². The van der Waals surface area contributed by atoms with Gasteiger partial charge in [0.1, 0.15) is 0 Å². The number of benzene rings is 1. The maximum Gasteiger partial charge on any atom is 0.416 e. The smallest absolute Gasteiger partial charge is 0.337 e. The number of fused-ring (bicyclic) bond motifs is 1. The Labute approximate surface area is 144 Å². The molecule has 5 nitrogen and oxygen atoms in total. The van der Waals surface area contributed by atoms with Crippen LogP contribution in [-0.2, 0) is 29.1 Å². The molecule has 1 aromatic carbocycles. The van der Waals surface area contributed by atoms with Crippen LogP contribution in [0.4, 0.5) is 13.2 Å². The van der Waals surface area contributed by atoms with Crippen LogP contribution in [-0.4, -0.2) is 55.8 Å². The summed E-state index contributed by atoms with van der Waals surface area (Å²) in [6, 6.07) is 2.59. The molecule has 0 saturated carbocycles. The van der Waals surface area contributed by atoms with Crippen molar-refractivity contribution in [3.05, 3.63) is 34.4 Å². The minimum Gasteiger partial charge on any atom is -0.337 e. The Kier molecular flexibility index (Phi) is 4.35. The third-order valence-corrected chi connectivity index (χ3v) is 6.42. The van der Waals surface area contributed by atoms with Crippen LogP contribution >= 0.6 is 0 Å². The lowest BCUT2D eigenvalue weighted by molar-refractivity contribution is -0.138. The summed E-state index contributed by atoms with van der Waals surface area (Å²) in [5, 5.41) is -0.489. The monoisotopic (exact) mass is 376 g/mol. The number of alkyl halides is 3. The highest BCUT2D eigenvalue weighted by atomic mass is 32.2. The summed E-state index contributed by atoms with van der Waals surface area (Å²) >= 11 is 0. The molecule has 1 atom stereocenters. The van der Waals surface area contributed by atoms with Gasteiger partial charge >= 0.3 is 6.18 Å². The van der Waals surface area contributed by atoms with Crippen molar-refractivity contribution in [1.29, 1.82) is 0 Å². The fourth-order valence-electron chi connectivity index (χ4n) is 3.50. The van der Waals surface area contributed by atoms with E-state index in [0.717, 1.165) is 6.07 Å². The molecule has 25 heavy (non-hydrogen) atoms. The van der Waals surface area contributed by atoms with Gasteiger partial charge in [0, 0.05) is 38.5 Å². The molecule has 138 valence electrons. The van der Waals surface area contributed by atoms with E-state index in [1.165, 1.54) is 24.3 Å². The molecular formula is C16H19F3N2O3S. The lowest BCUT2D eigenvalue weighted by atomic mass is 9.98. The van der Waals surface area contributed by atoms with Gasteiger partial charge in [0.05, 0.1) is 10.8 Å². The number of amides is 1. The lowest BCUT2D eigenvalue weighted by Gasteiger charge is -2.18. The number of halogens is 3. The molecule has 2 heterocycles. The van der Waals surface area contributed by atoms with Crippen molar-refractivity contribution in [3.63, 3.8) is 0 Å². The van der Waals surface area contributed by atoms with Crippen LogP contribution in [0.5, 0.6) is 0 Å². The molecular weight excluding hydrogens is 357 g/mol. The third-order valence-electron chi connectivity index (χ3n) is 4.83. The van der Waals surface area contributed by atoms with Crippen molar-refractivity contribution >= 4 is 15.7 Å². The number of hydrogen-bond acceptors (Lipinski definition) is 4. The molecule has 3 rings (SSSR count). The summed E-state index contributed by atoms with van der Waals surface area (Å²) in [5.74, 6) is -0.419. The van der Waals surface area contributed by atoms with Crippen molar-refractivity contribution in [2.45, 2.75) is 30.9 Å². The van der Waals surface area contributed by atoms with Crippen molar-refractivity contribution in [2.24, 2.45) is 0 Å². The van der Waals surface area contributed by atoms with Crippen molar-refractivity contribution in [1.82, 2.24) is 9.80 Å². The van der Waals surface area contributed by atoms with Crippen LogP contribution in [0.25, 0.3) is 0 Å². The topological polar surface area (TPSA) is 57.7 Å². The molecule has 0 spiro atoms. The molecule has 2 aliphatic heterocycles. The van der Waals surface area contributed by atoms with Crippen LogP contribution in [0.3, 0.4) is 0 Å². The summed E-state index contributed by atoms with van der Waals surface area (Å²) < 4.78 is 63.4. The first-order valence-corrected chi connectivity index (χ1v) is 9.82. The molecule has 1 fully saturated rings. The maximum absolute atomic E-state index is 13.4. The number of carbonyl (C=O) groups is 1. The summed E-state index contributed by atoms with van der Waals surface area (Å²) in [4.78, 5) is 15.2. The molecule has 2 aliphatic rings. The summed E-state index contributed by atoms with van der Waals surface area (Å²) in [6.45, 7) is 0.942.